The molecule has 0 radical (unpaired) electrons. The van der Waals surface area contributed by atoms with Crippen LogP contribution in [0.25, 0.3) is 0 Å². The van der Waals surface area contributed by atoms with E-state index in [1.165, 1.54) is 16.7 Å². The van der Waals surface area contributed by atoms with E-state index in [0.29, 0.717) is 23.4 Å². The van der Waals surface area contributed by atoms with Gasteiger partial charge < -0.3 is 18.7 Å². The van der Waals surface area contributed by atoms with Crippen LogP contribution in [0.5, 0.6) is 0 Å². The third kappa shape index (κ3) is 12.0. The molecule has 3 aliphatic rings. The second kappa shape index (κ2) is 21.1. The molecule has 7 nitrogen and oxygen atoms in total. The first-order chi connectivity index (χ1) is 22.1. The van der Waals surface area contributed by atoms with Crippen LogP contribution in [0.3, 0.4) is 0 Å². The summed E-state index contributed by atoms with van der Waals surface area (Å²) in [7, 11) is 4.82. The zero-order chi connectivity index (χ0) is 33.6. The molecule has 0 aliphatic carbocycles. The zero-order valence-electron chi connectivity index (χ0n) is 27.7. The molecule has 12 heteroatoms. The zero-order valence-corrected chi connectivity index (χ0v) is 32.6. The minimum absolute atomic E-state index is 0.00341. The number of rotatable bonds is 16. The molecule has 3 fully saturated rings. The van der Waals surface area contributed by atoms with Gasteiger partial charge in [0.05, 0.1) is 43.2 Å². The minimum Gasteiger partial charge on any atom is -0.374 e. The molecular formula is C34H54O7P4S. The predicted molar refractivity (Wildman–Crippen MR) is 196 cm³/mol. The lowest BCUT2D eigenvalue weighted by atomic mass is 9.79. The van der Waals surface area contributed by atoms with Crippen LogP contribution in [-0.2, 0) is 41.3 Å². The molecule has 13 atom stereocenters. The van der Waals surface area contributed by atoms with Crippen LogP contribution in [0.15, 0.2) is 54.6 Å². The molecule has 0 N–H and O–H groups in total. The smallest absolute Gasteiger partial charge is 0.335 e. The number of hydrogen-bond acceptors (Lipinski definition) is 7. The molecule has 0 saturated carbocycles. The molecule has 0 amide bonds. The van der Waals surface area contributed by atoms with Crippen LogP contribution >= 0.6 is 33.8 Å². The van der Waals surface area contributed by atoms with Crippen LogP contribution in [0.1, 0.15) is 84.1 Å². The van der Waals surface area contributed by atoms with Gasteiger partial charge in [-0.15, -0.1) is 0 Å². The van der Waals surface area contributed by atoms with Gasteiger partial charge in [0.1, 0.15) is 0 Å². The van der Waals surface area contributed by atoms with E-state index >= 15 is 0 Å². The average Bonchev–Trinajstić information content (AvgIpc) is 3.54. The first kappa shape index (κ1) is 40.2. The Morgan fingerprint density at radius 2 is 1.74 bits per heavy atom. The summed E-state index contributed by atoms with van der Waals surface area (Å²) in [5.74, 6) is 1.24. The van der Waals surface area contributed by atoms with Gasteiger partial charge in [-0.3, -0.25) is 4.57 Å². The summed E-state index contributed by atoms with van der Waals surface area (Å²) in [6.07, 6.45) is 10.6. The lowest BCUT2D eigenvalue weighted by Crippen LogP contribution is -2.38. The molecule has 1 aromatic rings. The summed E-state index contributed by atoms with van der Waals surface area (Å²) in [5.41, 5.74) is 4.20. The normalized spacial score (nSPS) is 32.6. The molecular weight excluding hydrogens is 676 g/mol. The highest BCUT2D eigenvalue weighted by Gasteiger charge is 2.45. The standard InChI is InChI=1S/C34H54O5P4.O2S/c1-6-29(43(41)42-35)20-32-25(5)30(19-26-11-8-7-9-12-26)34(39-32)21-33-24(4)22(2)17-28(38-33)14-15-31-23(3)18-27(37-31)13-10-16-36-40;1-3-2/h7-9,11-12,22,25,27-34H,3-4,6,10,13-21,40-41H2,1-2,5H3;/t22-,25-,27+,28+,29-,30-,31?,32-,33?,34+,43?;/m1./s1. The SMILES string of the molecule is C=C1C[C@H](CCCOP)OC1CC[C@H]1C[C@@H](C)C(=C)C(C[C@@H]2O[C@H](C[C@@H](CC)P(P)P=O)[C@H](C)[C@H]2Cc2ccccc2)O1.O=S=O. The van der Waals surface area contributed by atoms with Crippen LogP contribution in [-0.4, -0.2) is 57.3 Å². The molecule has 258 valence electrons. The van der Waals surface area contributed by atoms with Crippen molar-refractivity contribution in [1.82, 2.24) is 0 Å². The Morgan fingerprint density at radius 3 is 2.39 bits per heavy atom. The Hall–Kier alpha value is -0.250. The third-order valence-corrected chi connectivity index (χ3v) is 15.6. The van der Waals surface area contributed by atoms with E-state index in [-0.39, 0.29) is 44.8 Å². The van der Waals surface area contributed by atoms with E-state index in [9.17, 15) is 4.57 Å². The molecule has 5 unspecified atom stereocenters. The Morgan fingerprint density at radius 1 is 1.04 bits per heavy atom. The van der Waals surface area contributed by atoms with Crippen molar-refractivity contribution in [3.8, 4) is 0 Å². The lowest BCUT2D eigenvalue weighted by molar-refractivity contribution is -0.0735. The first-order valence-corrected chi connectivity index (χ1v) is 22.3. The summed E-state index contributed by atoms with van der Waals surface area (Å²) in [5, 5.41) is 0. The Balaban J connectivity index is 0.00000185. The van der Waals surface area contributed by atoms with Gasteiger partial charge in [-0.1, -0.05) is 73.2 Å². The Kier molecular flexibility index (Phi) is 18.4. The van der Waals surface area contributed by atoms with Gasteiger partial charge in [-0.2, -0.15) is 8.42 Å². The van der Waals surface area contributed by atoms with Crippen LogP contribution in [0.4, 0.5) is 0 Å². The number of hydrogen-bond donors (Lipinski definition) is 0. The van der Waals surface area contributed by atoms with E-state index in [0.717, 1.165) is 70.8 Å². The Bertz CT molecular complexity index is 1140. The van der Waals surface area contributed by atoms with Gasteiger partial charge in [-0.25, -0.2) is 0 Å². The van der Waals surface area contributed by atoms with Crippen molar-refractivity contribution in [3.63, 3.8) is 0 Å². The minimum atomic E-state index is -0.750. The highest BCUT2D eigenvalue weighted by atomic mass is 32.4. The van der Waals surface area contributed by atoms with Gasteiger partial charge in [0.25, 0.3) is 0 Å². The summed E-state index contributed by atoms with van der Waals surface area (Å²) in [6, 6.07) is 10.8. The monoisotopic (exact) mass is 730 g/mol. The van der Waals surface area contributed by atoms with Gasteiger partial charge in [0.15, 0.2) is 8.15 Å². The fraction of sp³-hybridized carbons (Fsp3) is 0.706. The van der Waals surface area contributed by atoms with Gasteiger partial charge in [0, 0.05) is 23.2 Å². The van der Waals surface area contributed by atoms with E-state index in [4.69, 9.17) is 27.2 Å². The summed E-state index contributed by atoms with van der Waals surface area (Å²) < 4.78 is 53.6. The molecule has 3 saturated heterocycles. The van der Waals surface area contributed by atoms with E-state index in [1.54, 1.807) is 0 Å². The van der Waals surface area contributed by atoms with E-state index in [1.807, 2.05) is 0 Å². The predicted octanol–water partition coefficient (Wildman–Crippen LogP) is 9.05. The molecule has 46 heavy (non-hydrogen) atoms. The second-order valence-electron chi connectivity index (χ2n) is 13.1. The van der Waals surface area contributed by atoms with Crippen LogP contribution in [0, 0.1) is 17.8 Å². The van der Waals surface area contributed by atoms with E-state index < -0.39 is 18.9 Å². The second-order valence-corrected chi connectivity index (χ2v) is 20.1. The fourth-order valence-electron chi connectivity index (χ4n) is 7.38. The van der Waals surface area contributed by atoms with Crippen molar-refractivity contribution in [2.75, 3.05) is 6.61 Å². The van der Waals surface area contributed by atoms with E-state index in [2.05, 4.69) is 82.7 Å². The van der Waals surface area contributed by atoms with Crippen molar-refractivity contribution < 1.29 is 31.7 Å². The number of ether oxygens (including phenoxy) is 3. The molecule has 0 aromatic heterocycles. The van der Waals surface area contributed by atoms with Crippen molar-refractivity contribution in [2.24, 2.45) is 17.8 Å². The number of benzene rings is 1. The fourth-order valence-corrected chi connectivity index (χ4v) is 10.6. The van der Waals surface area contributed by atoms with Gasteiger partial charge in [-0.05, 0) is 97.9 Å². The molecule has 0 bridgehead atoms. The maximum absolute atomic E-state index is 11.7. The third-order valence-electron chi connectivity index (χ3n) is 10.2. The van der Waals surface area contributed by atoms with Gasteiger partial charge >= 0.3 is 11.6 Å². The molecule has 1 aromatic carbocycles. The summed E-state index contributed by atoms with van der Waals surface area (Å²) >= 11 is -0.750. The first-order valence-electron chi connectivity index (χ1n) is 16.6. The van der Waals surface area contributed by atoms with Crippen molar-refractivity contribution in [1.29, 1.82) is 0 Å². The average molecular weight is 731 g/mol. The van der Waals surface area contributed by atoms with Crippen LogP contribution in [0.2, 0.25) is 0 Å². The maximum Gasteiger partial charge on any atom is 0.335 e. The highest BCUT2D eigenvalue weighted by molar-refractivity contribution is 8.45. The van der Waals surface area contributed by atoms with Gasteiger partial charge in [0.2, 0.25) is 0 Å². The summed E-state index contributed by atoms with van der Waals surface area (Å²) in [4.78, 5) is 0. The maximum atomic E-state index is 11.7. The van der Waals surface area contributed by atoms with Crippen molar-refractivity contribution in [2.45, 2.75) is 127 Å². The topological polar surface area (TPSA) is 88.1 Å². The summed E-state index contributed by atoms with van der Waals surface area (Å²) in [6.45, 7) is 16.5. The van der Waals surface area contributed by atoms with Crippen molar-refractivity contribution >= 4 is 45.4 Å². The molecule has 3 heterocycles. The Labute approximate surface area is 288 Å². The van der Waals surface area contributed by atoms with Crippen molar-refractivity contribution in [3.05, 3.63) is 60.2 Å². The largest absolute Gasteiger partial charge is 0.374 e. The van der Waals surface area contributed by atoms with Crippen LogP contribution < -0.4 is 0 Å². The molecule has 0 spiro atoms. The highest BCUT2D eigenvalue weighted by Crippen LogP contribution is 2.63. The molecule has 3 aliphatic heterocycles. The molecule has 4 rings (SSSR count). The lowest BCUT2D eigenvalue weighted by Gasteiger charge is -2.38. The quantitative estimate of drug-likeness (QED) is 0.0953.